The number of hydrogen-bond donors (Lipinski definition) is 1. The summed E-state index contributed by atoms with van der Waals surface area (Å²) >= 11 is 0. The molecular formula is C13H21N3O. The van der Waals surface area contributed by atoms with E-state index in [0.717, 1.165) is 19.3 Å². The Morgan fingerprint density at radius 1 is 1.65 bits per heavy atom. The number of rotatable bonds is 8. The van der Waals surface area contributed by atoms with E-state index in [1.54, 1.807) is 18.6 Å². The van der Waals surface area contributed by atoms with Crippen molar-refractivity contribution in [1.29, 1.82) is 0 Å². The number of nitrogens with one attached hydrogen (secondary N) is 1. The molecule has 4 heteroatoms. The highest BCUT2D eigenvalue weighted by molar-refractivity contribution is 5.76. The molecule has 0 aliphatic rings. The molecule has 1 amide bonds. The van der Waals surface area contributed by atoms with Crippen molar-refractivity contribution < 1.29 is 4.79 Å². The van der Waals surface area contributed by atoms with E-state index < -0.39 is 0 Å². The number of amides is 1. The Kier molecular flexibility index (Phi) is 6.07. The van der Waals surface area contributed by atoms with Gasteiger partial charge in [0.1, 0.15) is 0 Å². The zero-order chi connectivity index (χ0) is 12.5. The fourth-order valence-corrected chi connectivity index (χ4v) is 1.78. The molecule has 0 aliphatic carbocycles. The highest BCUT2D eigenvalue weighted by Crippen LogP contribution is 2.17. The summed E-state index contributed by atoms with van der Waals surface area (Å²) in [6, 6.07) is 0.214. The third kappa shape index (κ3) is 4.85. The van der Waals surface area contributed by atoms with Crippen LogP contribution in [0.5, 0.6) is 0 Å². The van der Waals surface area contributed by atoms with Crippen LogP contribution in [0.15, 0.2) is 31.4 Å². The second kappa shape index (κ2) is 7.65. The molecule has 0 fully saturated rings. The van der Waals surface area contributed by atoms with Crippen molar-refractivity contribution in [3.05, 3.63) is 31.4 Å². The molecule has 1 unspecified atom stereocenters. The first-order valence-electron chi connectivity index (χ1n) is 6.13. The zero-order valence-corrected chi connectivity index (χ0v) is 10.4. The van der Waals surface area contributed by atoms with Crippen LogP contribution >= 0.6 is 0 Å². The van der Waals surface area contributed by atoms with E-state index in [0.29, 0.717) is 13.0 Å². The molecule has 94 valence electrons. The Morgan fingerprint density at radius 3 is 3.06 bits per heavy atom. The Morgan fingerprint density at radius 2 is 2.47 bits per heavy atom. The maximum atomic E-state index is 11.7. The van der Waals surface area contributed by atoms with Gasteiger partial charge in [0.25, 0.3) is 0 Å². The fraction of sp³-hybridized carbons (Fsp3) is 0.538. The van der Waals surface area contributed by atoms with Crippen molar-refractivity contribution >= 4 is 5.91 Å². The molecule has 0 aromatic carbocycles. The Labute approximate surface area is 103 Å². The molecule has 1 N–H and O–H groups in total. The van der Waals surface area contributed by atoms with Crippen LogP contribution in [-0.4, -0.2) is 22.0 Å². The van der Waals surface area contributed by atoms with Crippen LogP contribution in [0.25, 0.3) is 0 Å². The molecule has 0 saturated heterocycles. The summed E-state index contributed by atoms with van der Waals surface area (Å²) < 4.78 is 2.01. The second-order valence-corrected chi connectivity index (χ2v) is 4.08. The number of nitrogens with zero attached hydrogens (tertiary/aromatic N) is 2. The van der Waals surface area contributed by atoms with Gasteiger partial charge in [-0.15, -0.1) is 6.58 Å². The minimum atomic E-state index is 0.0963. The van der Waals surface area contributed by atoms with Crippen molar-refractivity contribution in [2.45, 2.75) is 38.6 Å². The predicted molar refractivity (Wildman–Crippen MR) is 68.6 cm³/mol. The number of carbonyl (C=O) groups is 1. The van der Waals surface area contributed by atoms with Gasteiger partial charge in [-0.05, 0) is 12.8 Å². The van der Waals surface area contributed by atoms with E-state index in [2.05, 4.69) is 23.8 Å². The van der Waals surface area contributed by atoms with Crippen LogP contribution in [0.1, 0.15) is 38.6 Å². The quantitative estimate of drug-likeness (QED) is 0.555. The average Bonchev–Trinajstić information content (AvgIpc) is 2.82. The average molecular weight is 235 g/mol. The van der Waals surface area contributed by atoms with Gasteiger partial charge in [0.2, 0.25) is 5.91 Å². The van der Waals surface area contributed by atoms with E-state index >= 15 is 0 Å². The van der Waals surface area contributed by atoms with Gasteiger partial charge in [0.05, 0.1) is 6.33 Å². The molecule has 0 spiro atoms. The molecule has 0 radical (unpaired) electrons. The van der Waals surface area contributed by atoms with Gasteiger partial charge in [0.15, 0.2) is 0 Å². The van der Waals surface area contributed by atoms with E-state index in [1.807, 2.05) is 10.8 Å². The summed E-state index contributed by atoms with van der Waals surface area (Å²) in [4.78, 5) is 15.7. The molecule has 1 atom stereocenters. The maximum Gasteiger partial charge on any atom is 0.222 e. The third-order valence-electron chi connectivity index (χ3n) is 2.66. The Bertz CT molecular complexity index is 332. The minimum absolute atomic E-state index is 0.0963. The summed E-state index contributed by atoms with van der Waals surface area (Å²) in [5, 5.41) is 2.89. The minimum Gasteiger partial charge on any atom is -0.356 e. The van der Waals surface area contributed by atoms with Crippen molar-refractivity contribution in [1.82, 2.24) is 14.9 Å². The van der Waals surface area contributed by atoms with E-state index in [1.165, 1.54) is 0 Å². The van der Waals surface area contributed by atoms with Crippen LogP contribution in [0.3, 0.4) is 0 Å². The lowest BCUT2D eigenvalue weighted by molar-refractivity contribution is -0.121. The van der Waals surface area contributed by atoms with Gasteiger partial charge in [0, 0.05) is 31.4 Å². The number of aromatic nitrogens is 2. The molecule has 1 aromatic heterocycles. The topological polar surface area (TPSA) is 46.9 Å². The van der Waals surface area contributed by atoms with E-state index in [4.69, 9.17) is 0 Å². The van der Waals surface area contributed by atoms with Gasteiger partial charge in [-0.3, -0.25) is 4.79 Å². The number of carbonyl (C=O) groups excluding carboxylic acids is 1. The lowest BCUT2D eigenvalue weighted by atomic mass is 10.1. The molecule has 0 bridgehead atoms. The van der Waals surface area contributed by atoms with Crippen molar-refractivity contribution in [3.63, 3.8) is 0 Å². The SMILES string of the molecule is C=CCCNC(=O)CC(CCC)n1ccnc1. The van der Waals surface area contributed by atoms with Crippen LogP contribution in [-0.2, 0) is 4.79 Å². The van der Waals surface area contributed by atoms with Crippen molar-refractivity contribution in [2.24, 2.45) is 0 Å². The van der Waals surface area contributed by atoms with Crippen molar-refractivity contribution in [2.75, 3.05) is 6.54 Å². The van der Waals surface area contributed by atoms with Gasteiger partial charge in [-0.2, -0.15) is 0 Å². The first-order valence-corrected chi connectivity index (χ1v) is 6.13. The molecule has 0 saturated carbocycles. The first-order chi connectivity index (χ1) is 8.27. The largest absolute Gasteiger partial charge is 0.356 e. The summed E-state index contributed by atoms with van der Waals surface area (Å²) in [6.07, 6.45) is 10.6. The maximum absolute atomic E-state index is 11.7. The lowest BCUT2D eigenvalue weighted by Gasteiger charge is -2.17. The molecule has 17 heavy (non-hydrogen) atoms. The normalized spacial score (nSPS) is 12.1. The highest BCUT2D eigenvalue weighted by Gasteiger charge is 2.13. The molecule has 0 aliphatic heterocycles. The molecule has 4 nitrogen and oxygen atoms in total. The number of hydrogen-bond acceptors (Lipinski definition) is 2. The summed E-state index contributed by atoms with van der Waals surface area (Å²) in [6.45, 7) is 6.42. The highest BCUT2D eigenvalue weighted by atomic mass is 16.1. The Balaban J connectivity index is 2.44. The second-order valence-electron chi connectivity index (χ2n) is 4.08. The monoisotopic (exact) mass is 235 g/mol. The zero-order valence-electron chi connectivity index (χ0n) is 10.4. The van der Waals surface area contributed by atoms with Crippen LogP contribution < -0.4 is 5.32 Å². The van der Waals surface area contributed by atoms with E-state index in [9.17, 15) is 4.79 Å². The van der Waals surface area contributed by atoms with Gasteiger partial charge in [-0.1, -0.05) is 19.4 Å². The molecule has 1 heterocycles. The Hall–Kier alpha value is -1.58. The lowest BCUT2D eigenvalue weighted by Crippen LogP contribution is -2.27. The van der Waals surface area contributed by atoms with Crippen molar-refractivity contribution in [3.8, 4) is 0 Å². The molecule has 1 aromatic rings. The van der Waals surface area contributed by atoms with Crippen LogP contribution in [0.2, 0.25) is 0 Å². The summed E-state index contributed by atoms with van der Waals surface area (Å²) in [7, 11) is 0. The van der Waals surface area contributed by atoms with Gasteiger partial charge in [-0.25, -0.2) is 4.98 Å². The van der Waals surface area contributed by atoms with Gasteiger partial charge < -0.3 is 9.88 Å². The summed E-state index contributed by atoms with van der Waals surface area (Å²) in [5.74, 6) is 0.0963. The smallest absolute Gasteiger partial charge is 0.222 e. The van der Waals surface area contributed by atoms with Crippen LogP contribution in [0.4, 0.5) is 0 Å². The standard InChI is InChI=1S/C13H21N3O/c1-3-5-7-15-13(17)10-12(6-4-2)16-9-8-14-11-16/h3,8-9,11-12H,1,4-7,10H2,2H3,(H,15,17). The van der Waals surface area contributed by atoms with Crippen LogP contribution in [0, 0.1) is 0 Å². The fourth-order valence-electron chi connectivity index (χ4n) is 1.78. The predicted octanol–water partition coefficient (Wildman–Crippen LogP) is 2.31. The molecular weight excluding hydrogens is 214 g/mol. The number of imidazole rings is 1. The summed E-state index contributed by atoms with van der Waals surface area (Å²) in [5.41, 5.74) is 0. The van der Waals surface area contributed by atoms with E-state index in [-0.39, 0.29) is 11.9 Å². The third-order valence-corrected chi connectivity index (χ3v) is 2.66. The van der Waals surface area contributed by atoms with Gasteiger partial charge >= 0.3 is 0 Å². The molecule has 1 rings (SSSR count). The first kappa shape index (κ1) is 13.5.